The lowest BCUT2D eigenvalue weighted by Crippen LogP contribution is -2.45. The van der Waals surface area contributed by atoms with Crippen LogP contribution in [0.4, 0.5) is 0 Å². The van der Waals surface area contributed by atoms with Crippen LogP contribution in [0, 0.1) is 5.92 Å². The van der Waals surface area contributed by atoms with E-state index in [0.717, 1.165) is 19.6 Å². The molecule has 0 bridgehead atoms. The zero-order valence-electron chi connectivity index (χ0n) is 12.9. The molecule has 1 atom stereocenters. The highest BCUT2D eigenvalue weighted by Crippen LogP contribution is 2.16. The fourth-order valence-electron chi connectivity index (χ4n) is 2.38. The van der Waals surface area contributed by atoms with E-state index in [-0.39, 0.29) is 11.3 Å². The summed E-state index contributed by atoms with van der Waals surface area (Å²) in [7, 11) is -2.83. The van der Waals surface area contributed by atoms with Crippen LogP contribution in [0.15, 0.2) is 0 Å². The lowest BCUT2D eigenvalue weighted by atomic mass is 9.96. The first kappa shape index (κ1) is 16.9. The van der Waals surface area contributed by atoms with Crippen LogP contribution in [0.3, 0.4) is 0 Å². The average molecular weight is 290 g/mol. The van der Waals surface area contributed by atoms with Crippen molar-refractivity contribution < 1.29 is 8.42 Å². The molecule has 19 heavy (non-hydrogen) atoms. The van der Waals surface area contributed by atoms with Crippen molar-refractivity contribution in [3.63, 3.8) is 0 Å². The van der Waals surface area contributed by atoms with Gasteiger partial charge >= 0.3 is 0 Å². The maximum atomic E-state index is 11.5. The molecule has 1 aliphatic rings. The van der Waals surface area contributed by atoms with Crippen LogP contribution in [0.1, 0.15) is 40.5 Å². The predicted octanol–water partition coefficient (Wildman–Crippen LogP) is 1.52. The normalized spacial score (nSPS) is 22.6. The van der Waals surface area contributed by atoms with E-state index in [0.29, 0.717) is 18.2 Å². The Hall–Kier alpha value is -0.130. The molecule has 1 aliphatic heterocycles. The SMILES string of the molecule is CCS(=O)(=O)CCN1CCCC(CNC(C)(C)C)C1. The number of hydrogen-bond acceptors (Lipinski definition) is 4. The Morgan fingerprint density at radius 3 is 2.58 bits per heavy atom. The number of rotatable bonds is 6. The van der Waals surface area contributed by atoms with Crippen molar-refractivity contribution in [2.45, 2.75) is 46.1 Å². The zero-order chi connectivity index (χ0) is 14.5. The van der Waals surface area contributed by atoms with E-state index < -0.39 is 9.84 Å². The molecule has 0 aliphatic carbocycles. The van der Waals surface area contributed by atoms with Crippen LogP contribution in [0.25, 0.3) is 0 Å². The van der Waals surface area contributed by atoms with Gasteiger partial charge < -0.3 is 10.2 Å². The molecule has 1 fully saturated rings. The Balaban J connectivity index is 2.34. The van der Waals surface area contributed by atoms with Crippen molar-refractivity contribution in [3.8, 4) is 0 Å². The van der Waals surface area contributed by atoms with Crippen LogP contribution >= 0.6 is 0 Å². The molecule has 114 valence electrons. The van der Waals surface area contributed by atoms with Crippen molar-refractivity contribution >= 4 is 9.84 Å². The second kappa shape index (κ2) is 7.04. The second-order valence-corrected chi connectivity index (χ2v) is 9.15. The third kappa shape index (κ3) is 7.28. The monoisotopic (exact) mass is 290 g/mol. The van der Waals surface area contributed by atoms with Gasteiger partial charge in [-0.1, -0.05) is 6.92 Å². The van der Waals surface area contributed by atoms with Gasteiger partial charge in [-0.3, -0.25) is 0 Å². The quantitative estimate of drug-likeness (QED) is 0.806. The topological polar surface area (TPSA) is 49.4 Å². The molecule has 0 aromatic heterocycles. The van der Waals surface area contributed by atoms with Crippen molar-refractivity contribution in [2.75, 3.05) is 37.7 Å². The fourth-order valence-corrected chi connectivity index (χ4v) is 3.21. The van der Waals surface area contributed by atoms with Crippen molar-refractivity contribution in [1.29, 1.82) is 0 Å². The van der Waals surface area contributed by atoms with Gasteiger partial charge in [0.25, 0.3) is 0 Å². The largest absolute Gasteiger partial charge is 0.312 e. The first-order chi connectivity index (χ1) is 8.72. The van der Waals surface area contributed by atoms with E-state index >= 15 is 0 Å². The number of sulfone groups is 1. The summed E-state index contributed by atoms with van der Waals surface area (Å²) in [6.07, 6.45) is 2.43. The Morgan fingerprint density at radius 1 is 1.32 bits per heavy atom. The summed E-state index contributed by atoms with van der Waals surface area (Å²) in [5.74, 6) is 1.22. The van der Waals surface area contributed by atoms with E-state index in [1.807, 2.05) is 0 Å². The molecule has 0 amide bonds. The summed E-state index contributed by atoms with van der Waals surface area (Å²) in [4.78, 5) is 2.31. The lowest BCUT2D eigenvalue weighted by Gasteiger charge is -2.34. The molecule has 1 saturated heterocycles. The predicted molar refractivity (Wildman–Crippen MR) is 81.2 cm³/mol. The maximum absolute atomic E-state index is 11.5. The third-order valence-corrected chi connectivity index (χ3v) is 5.37. The van der Waals surface area contributed by atoms with Gasteiger partial charge in [0, 0.05) is 24.4 Å². The minimum absolute atomic E-state index is 0.161. The maximum Gasteiger partial charge on any atom is 0.151 e. The number of likely N-dealkylation sites (tertiary alicyclic amines) is 1. The van der Waals surface area contributed by atoms with Crippen molar-refractivity contribution in [3.05, 3.63) is 0 Å². The summed E-state index contributed by atoms with van der Waals surface area (Å²) in [5.41, 5.74) is 0.161. The van der Waals surface area contributed by atoms with Gasteiger partial charge in [0.05, 0.1) is 5.75 Å². The highest BCUT2D eigenvalue weighted by atomic mass is 32.2. The van der Waals surface area contributed by atoms with Crippen LogP contribution in [-0.2, 0) is 9.84 Å². The molecule has 4 nitrogen and oxygen atoms in total. The Bertz CT molecular complexity index is 360. The highest BCUT2D eigenvalue weighted by Gasteiger charge is 2.22. The van der Waals surface area contributed by atoms with Gasteiger partial charge in [-0.2, -0.15) is 0 Å². The third-order valence-electron chi connectivity index (χ3n) is 3.68. The van der Waals surface area contributed by atoms with Crippen LogP contribution in [0.5, 0.6) is 0 Å². The van der Waals surface area contributed by atoms with E-state index in [2.05, 4.69) is 31.0 Å². The molecule has 0 saturated carbocycles. The number of nitrogens with one attached hydrogen (secondary N) is 1. The first-order valence-corrected chi connectivity index (χ1v) is 9.22. The molecule has 1 rings (SSSR count). The second-order valence-electron chi connectivity index (χ2n) is 6.68. The Kier molecular flexibility index (Phi) is 6.27. The first-order valence-electron chi connectivity index (χ1n) is 7.39. The van der Waals surface area contributed by atoms with E-state index in [4.69, 9.17) is 0 Å². The minimum atomic E-state index is -2.83. The van der Waals surface area contributed by atoms with E-state index in [1.165, 1.54) is 12.8 Å². The lowest BCUT2D eigenvalue weighted by molar-refractivity contribution is 0.174. The molecule has 0 spiro atoms. The van der Waals surface area contributed by atoms with Crippen molar-refractivity contribution in [2.24, 2.45) is 5.92 Å². The molecule has 0 radical (unpaired) electrons. The fraction of sp³-hybridized carbons (Fsp3) is 1.00. The van der Waals surface area contributed by atoms with Crippen LogP contribution in [0.2, 0.25) is 0 Å². The highest BCUT2D eigenvalue weighted by molar-refractivity contribution is 7.91. The van der Waals surface area contributed by atoms with E-state index in [1.54, 1.807) is 6.92 Å². The van der Waals surface area contributed by atoms with Gasteiger partial charge in [0.2, 0.25) is 0 Å². The Morgan fingerprint density at radius 2 is 2.00 bits per heavy atom. The van der Waals surface area contributed by atoms with Gasteiger partial charge in [0.15, 0.2) is 9.84 Å². The zero-order valence-corrected chi connectivity index (χ0v) is 13.7. The number of piperidine rings is 1. The smallest absolute Gasteiger partial charge is 0.151 e. The van der Waals surface area contributed by atoms with Gasteiger partial charge in [-0.05, 0) is 52.6 Å². The minimum Gasteiger partial charge on any atom is -0.312 e. The van der Waals surface area contributed by atoms with Crippen molar-refractivity contribution in [1.82, 2.24) is 10.2 Å². The molecule has 1 N–H and O–H groups in total. The standard InChI is InChI=1S/C14H30N2O2S/c1-5-19(17,18)10-9-16-8-6-7-13(12-16)11-15-14(2,3)4/h13,15H,5-12H2,1-4H3. The van der Waals surface area contributed by atoms with Gasteiger partial charge in [-0.25, -0.2) is 8.42 Å². The van der Waals surface area contributed by atoms with E-state index in [9.17, 15) is 8.42 Å². The summed E-state index contributed by atoms with van der Waals surface area (Å²) in [6, 6.07) is 0. The summed E-state index contributed by atoms with van der Waals surface area (Å²) < 4.78 is 23.1. The van der Waals surface area contributed by atoms with Crippen LogP contribution in [-0.4, -0.2) is 56.5 Å². The van der Waals surface area contributed by atoms with Gasteiger partial charge in [0.1, 0.15) is 0 Å². The molecule has 5 heteroatoms. The molecule has 1 heterocycles. The molecular weight excluding hydrogens is 260 g/mol. The molecular formula is C14H30N2O2S. The van der Waals surface area contributed by atoms with Crippen LogP contribution < -0.4 is 5.32 Å². The summed E-state index contributed by atoms with van der Waals surface area (Å²) >= 11 is 0. The average Bonchev–Trinajstić information content (AvgIpc) is 2.34. The molecule has 0 aromatic rings. The molecule has 0 aromatic carbocycles. The summed E-state index contributed by atoms with van der Waals surface area (Å²) in [5, 5.41) is 3.55. The Labute approximate surface area is 118 Å². The summed E-state index contributed by atoms with van der Waals surface area (Å²) in [6.45, 7) is 12.1. The number of hydrogen-bond donors (Lipinski definition) is 1. The number of nitrogens with zero attached hydrogens (tertiary/aromatic N) is 1. The van der Waals surface area contributed by atoms with Gasteiger partial charge in [-0.15, -0.1) is 0 Å². The molecule has 1 unspecified atom stereocenters.